The van der Waals surface area contributed by atoms with Crippen LogP contribution >= 0.6 is 0 Å². The van der Waals surface area contributed by atoms with E-state index in [0.717, 1.165) is 18.7 Å². The molecule has 0 bridgehead atoms. The zero-order valence-corrected chi connectivity index (χ0v) is 13.6. The maximum atomic E-state index is 11.8. The summed E-state index contributed by atoms with van der Waals surface area (Å²) in [5.41, 5.74) is 4.05. The van der Waals surface area contributed by atoms with Crippen LogP contribution < -0.4 is 10.2 Å². The lowest BCUT2D eigenvalue weighted by Crippen LogP contribution is -2.25. The zero-order chi connectivity index (χ0) is 15.2. The monoisotopic (exact) mass is 286 g/mol. The molecule has 3 nitrogen and oxygen atoms in total. The van der Waals surface area contributed by atoms with E-state index in [1.165, 1.54) is 17.5 Å². The van der Waals surface area contributed by atoms with Crippen LogP contribution in [0.2, 0.25) is 0 Å². The van der Waals surface area contributed by atoms with Gasteiger partial charge in [-0.05, 0) is 47.9 Å². The first kappa shape index (κ1) is 14.6. The Hall–Kier alpha value is -1.35. The van der Waals surface area contributed by atoms with Crippen molar-refractivity contribution < 1.29 is 4.79 Å². The molecule has 2 atom stereocenters. The largest absolute Gasteiger partial charge is 0.315 e. The summed E-state index contributed by atoms with van der Waals surface area (Å²) in [5, 5.41) is 3.72. The predicted molar refractivity (Wildman–Crippen MR) is 86.5 cm³/mol. The minimum Gasteiger partial charge on any atom is -0.315 e. The molecule has 0 saturated heterocycles. The zero-order valence-electron chi connectivity index (χ0n) is 13.6. The Morgan fingerprint density at radius 2 is 2.14 bits per heavy atom. The van der Waals surface area contributed by atoms with Crippen LogP contribution in [0.15, 0.2) is 18.2 Å². The second-order valence-electron chi connectivity index (χ2n) is 7.25. The highest BCUT2D eigenvalue weighted by Gasteiger charge is 2.50. The van der Waals surface area contributed by atoms with Crippen molar-refractivity contribution in [3.05, 3.63) is 29.3 Å². The van der Waals surface area contributed by atoms with Crippen molar-refractivity contribution in [1.82, 2.24) is 5.32 Å². The van der Waals surface area contributed by atoms with Crippen molar-refractivity contribution in [2.45, 2.75) is 46.1 Å². The molecule has 0 spiro atoms. The number of hydrogen-bond donors (Lipinski definition) is 1. The number of fused-ring (bicyclic) bond motifs is 1. The van der Waals surface area contributed by atoms with Crippen molar-refractivity contribution in [2.24, 2.45) is 11.3 Å². The minimum absolute atomic E-state index is 0.201. The molecule has 3 heteroatoms. The van der Waals surface area contributed by atoms with Crippen LogP contribution in [0.4, 0.5) is 5.69 Å². The molecule has 21 heavy (non-hydrogen) atoms. The quantitative estimate of drug-likeness (QED) is 0.901. The number of hydrogen-bond acceptors (Lipinski definition) is 2. The molecule has 1 amide bonds. The van der Waals surface area contributed by atoms with E-state index in [9.17, 15) is 4.79 Å². The van der Waals surface area contributed by atoms with Gasteiger partial charge < -0.3 is 10.2 Å². The fraction of sp³-hybridized carbons (Fsp3) is 0.611. The molecule has 1 fully saturated rings. The van der Waals surface area contributed by atoms with Crippen molar-refractivity contribution in [2.75, 3.05) is 18.5 Å². The van der Waals surface area contributed by atoms with Crippen molar-refractivity contribution in [3.63, 3.8) is 0 Å². The van der Waals surface area contributed by atoms with Crippen LogP contribution in [-0.2, 0) is 11.2 Å². The van der Waals surface area contributed by atoms with E-state index in [1.807, 2.05) is 7.05 Å². The Kier molecular flexibility index (Phi) is 3.56. The van der Waals surface area contributed by atoms with Gasteiger partial charge in [-0.2, -0.15) is 0 Å². The molecule has 1 aromatic rings. The van der Waals surface area contributed by atoms with Gasteiger partial charge in [0.05, 0.1) is 6.42 Å². The van der Waals surface area contributed by atoms with E-state index in [2.05, 4.69) is 44.3 Å². The molecule has 1 N–H and O–H groups in total. The maximum Gasteiger partial charge on any atom is 0.231 e. The lowest BCUT2D eigenvalue weighted by Gasteiger charge is -2.22. The van der Waals surface area contributed by atoms with E-state index in [4.69, 9.17) is 0 Å². The van der Waals surface area contributed by atoms with Crippen LogP contribution in [0.5, 0.6) is 0 Å². The number of nitrogens with zero attached hydrogens (tertiary/aromatic N) is 1. The van der Waals surface area contributed by atoms with Gasteiger partial charge in [0.1, 0.15) is 0 Å². The summed E-state index contributed by atoms with van der Waals surface area (Å²) < 4.78 is 0. The fourth-order valence-corrected chi connectivity index (χ4v) is 3.55. The lowest BCUT2D eigenvalue weighted by atomic mass is 9.95. The highest BCUT2D eigenvalue weighted by atomic mass is 16.2. The van der Waals surface area contributed by atoms with Gasteiger partial charge >= 0.3 is 0 Å². The summed E-state index contributed by atoms with van der Waals surface area (Å²) in [6.07, 6.45) is 2.98. The minimum atomic E-state index is 0.201. The Bertz CT molecular complexity index is 564. The Labute approximate surface area is 127 Å². The average molecular weight is 286 g/mol. The third-order valence-corrected chi connectivity index (χ3v) is 5.15. The van der Waals surface area contributed by atoms with E-state index in [0.29, 0.717) is 23.8 Å². The summed E-state index contributed by atoms with van der Waals surface area (Å²) in [5.74, 6) is 0.906. The van der Waals surface area contributed by atoms with Gasteiger partial charge in [0.2, 0.25) is 5.91 Å². The first-order valence-corrected chi connectivity index (χ1v) is 8.07. The molecule has 1 aliphatic carbocycles. The molecule has 3 rings (SSSR count). The van der Waals surface area contributed by atoms with Crippen molar-refractivity contribution in [1.29, 1.82) is 0 Å². The second kappa shape index (κ2) is 5.13. The second-order valence-corrected chi connectivity index (χ2v) is 7.25. The molecule has 1 heterocycles. The highest BCUT2D eigenvalue weighted by molar-refractivity contribution is 6.00. The third kappa shape index (κ3) is 2.59. The summed E-state index contributed by atoms with van der Waals surface area (Å²) in [6.45, 7) is 7.96. The van der Waals surface area contributed by atoms with Gasteiger partial charge in [0, 0.05) is 18.8 Å². The maximum absolute atomic E-state index is 11.8. The van der Waals surface area contributed by atoms with Crippen molar-refractivity contribution >= 4 is 11.6 Å². The average Bonchev–Trinajstić information content (AvgIpc) is 2.97. The summed E-state index contributed by atoms with van der Waals surface area (Å²) >= 11 is 0. The van der Waals surface area contributed by atoms with Crippen LogP contribution in [0.1, 0.15) is 50.8 Å². The van der Waals surface area contributed by atoms with Crippen molar-refractivity contribution in [3.8, 4) is 0 Å². The van der Waals surface area contributed by atoms with Gasteiger partial charge in [-0.3, -0.25) is 4.79 Å². The van der Waals surface area contributed by atoms with Gasteiger partial charge in [0.15, 0.2) is 0 Å². The molecule has 0 aromatic heterocycles. The summed E-state index contributed by atoms with van der Waals surface area (Å²) in [6, 6.07) is 6.99. The number of rotatable bonds is 5. The highest BCUT2D eigenvalue weighted by Crippen LogP contribution is 2.57. The van der Waals surface area contributed by atoms with E-state index in [1.54, 1.807) is 4.90 Å². The van der Waals surface area contributed by atoms with Crippen LogP contribution in [-0.4, -0.2) is 19.5 Å². The fourth-order valence-electron chi connectivity index (χ4n) is 3.55. The standard InChI is InChI=1S/C18H26N2O/c1-5-8-19-17(14-11-18(14,2)3)12-6-7-15-13(9-12)10-16(21)20(15)4/h6-7,9,14,17,19H,5,8,10-11H2,1-4H3. The van der Waals surface area contributed by atoms with Gasteiger partial charge in [-0.1, -0.05) is 32.9 Å². The summed E-state index contributed by atoms with van der Waals surface area (Å²) in [4.78, 5) is 13.6. The third-order valence-electron chi connectivity index (χ3n) is 5.15. The molecule has 1 aromatic carbocycles. The number of carbonyl (C=O) groups excluding carboxylic acids is 1. The topological polar surface area (TPSA) is 32.3 Å². The van der Waals surface area contributed by atoms with Gasteiger partial charge in [-0.15, -0.1) is 0 Å². The molecule has 2 unspecified atom stereocenters. The van der Waals surface area contributed by atoms with Gasteiger partial charge in [0.25, 0.3) is 0 Å². The van der Waals surface area contributed by atoms with E-state index in [-0.39, 0.29) is 5.91 Å². The molecule has 0 radical (unpaired) electrons. The Balaban J connectivity index is 1.87. The molecule has 1 aliphatic heterocycles. The Morgan fingerprint density at radius 3 is 2.76 bits per heavy atom. The summed E-state index contributed by atoms with van der Waals surface area (Å²) in [7, 11) is 1.87. The van der Waals surface area contributed by atoms with Crippen LogP contribution in [0.25, 0.3) is 0 Å². The van der Waals surface area contributed by atoms with Crippen LogP contribution in [0.3, 0.4) is 0 Å². The molecule has 2 aliphatic rings. The normalized spacial score (nSPS) is 24.1. The van der Waals surface area contributed by atoms with E-state index >= 15 is 0 Å². The van der Waals surface area contributed by atoms with Crippen LogP contribution in [0, 0.1) is 11.3 Å². The number of amides is 1. The lowest BCUT2D eigenvalue weighted by molar-refractivity contribution is -0.117. The Morgan fingerprint density at radius 1 is 1.43 bits per heavy atom. The molecular formula is C18H26N2O. The number of carbonyl (C=O) groups is 1. The molecular weight excluding hydrogens is 260 g/mol. The smallest absolute Gasteiger partial charge is 0.231 e. The SMILES string of the molecule is CCCNC(c1ccc2c(c1)CC(=O)N2C)C1CC1(C)C. The van der Waals surface area contributed by atoms with E-state index < -0.39 is 0 Å². The number of benzene rings is 1. The molecule has 1 saturated carbocycles. The first-order valence-electron chi connectivity index (χ1n) is 8.07. The number of nitrogens with one attached hydrogen (secondary N) is 1. The number of anilines is 1. The predicted octanol–water partition coefficient (Wildman–Crippen LogP) is 3.29. The van der Waals surface area contributed by atoms with Gasteiger partial charge in [-0.25, -0.2) is 0 Å². The number of likely N-dealkylation sites (N-methyl/N-ethyl adjacent to an activating group) is 1. The first-order chi connectivity index (χ1) is 9.94. The molecule has 114 valence electrons.